The molecule has 0 fully saturated rings. The van der Waals surface area contributed by atoms with Gasteiger partial charge in [-0.05, 0) is 11.1 Å². The molecule has 4 rings (SSSR count). The number of oxime groups is 2. The molecule has 6 heteroatoms. The molecule has 2 aliphatic heterocycles. The Morgan fingerprint density at radius 2 is 1.34 bits per heavy atom. The second-order valence-corrected chi connectivity index (χ2v) is 7.38. The quantitative estimate of drug-likeness (QED) is 0.725. The van der Waals surface area contributed by atoms with Crippen LogP contribution in [0.5, 0.6) is 0 Å². The van der Waals surface area contributed by atoms with Crippen molar-refractivity contribution in [3.8, 4) is 0 Å². The fourth-order valence-corrected chi connectivity index (χ4v) is 3.53. The van der Waals surface area contributed by atoms with E-state index in [1.54, 1.807) is 6.92 Å². The van der Waals surface area contributed by atoms with Gasteiger partial charge in [-0.2, -0.15) is 0 Å². The molecule has 0 saturated heterocycles. The number of hydrogen-bond acceptors (Lipinski definition) is 6. The summed E-state index contributed by atoms with van der Waals surface area (Å²) in [6, 6.07) is 19.3. The maximum Gasteiger partial charge on any atom is 0.191 e. The van der Waals surface area contributed by atoms with Crippen molar-refractivity contribution in [1.29, 1.82) is 0 Å². The number of benzene rings is 2. The van der Waals surface area contributed by atoms with Crippen molar-refractivity contribution in [2.45, 2.75) is 38.4 Å². The van der Waals surface area contributed by atoms with Crippen molar-refractivity contribution in [1.82, 2.24) is 0 Å². The molecular formula is C23H22N2O4. The fourth-order valence-electron chi connectivity index (χ4n) is 3.53. The van der Waals surface area contributed by atoms with Crippen LogP contribution in [0, 0.1) is 5.92 Å². The van der Waals surface area contributed by atoms with E-state index in [2.05, 4.69) is 10.3 Å². The molecule has 0 saturated carbocycles. The summed E-state index contributed by atoms with van der Waals surface area (Å²) in [5.41, 5.74) is 3.39. The average Bonchev–Trinajstić information content (AvgIpc) is 3.45. The van der Waals surface area contributed by atoms with Gasteiger partial charge < -0.3 is 9.68 Å². The molecular weight excluding hydrogens is 368 g/mol. The monoisotopic (exact) mass is 390 g/mol. The summed E-state index contributed by atoms with van der Waals surface area (Å²) in [6.45, 7) is 1.75. The molecule has 148 valence electrons. The second-order valence-electron chi connectivity index (χ2n) is 7.38. The Morgan fingerprint density at radius 3 is 1.90 bits per heavy atom. The highest BCUT2D eigenvalue weighted by atomic mass is 16.6. The Bertz CT molecular complexity index is 953. The predicted molar refractivity (Wildman–Crippen MR) is 109 cm³/mol. The number of carbonyl (C=O) groups excluding carboxylic acids is 2. The van der Waals surface area contributed by atoms with E-state index in [0.29, 0.717) is 12.8 Å². The third-order valence-corrected chi connectivity index (χ3v) is 5.22. The van der Waals surface area contributed by atoms with E-state index < -0.39 is 18.1 Å². The highest BCUT2D eigenvalue weighted by Gasteiger charge is 2.35. The normalized spacial score (nSPS) is 21.6. The van der Waals surface area contributed by atoms with E-state index in [4.69, 9.17) is 9.68 Å². The molecule has 0 spiro atoms. The zero-order valence-electron chi connectivity index (χ0n) is 16.2. The molecule has 29 heavy (non-hydrogen) atoms. The van der Waals surface area contributed by atoms with Crippen LogP contribution in [0.4, 0.5) is 0 Å². The van der Waals surface area contributed by atoms with Crippen molar-refractivity contribution < 1.29 is 19.3 Å². The Kier molecular flexibility index (Phi) is 5.51. The number of hydrogen-bond donors (Lipinski definition) is 0. The van der Waals surface area contributed by atoms with Gasteiger partial charge in [0.1, 0.15) is 0 Å². The standard InChI is InChI=1S/C23H22N2O4/c1-15(23(27)22-14-19(25-29-22)17-10-6-3-7-11-17)12-20(26)21-13-18(24-28-21)16-8-4-2-5-9-16/h2-11,15,21-22H,12-14H2,1H3/t15-,21+,22-/m1/s1. The Balaban J connectivity index is 1.29. The molecule has 0 aromatic heterocycles. The summed E-state index contributed by atoms with van der Waals surface area (Å²) >= 11 is 0. The summed E-state index contributed by atoms with van der Waals surface area (Å²) < 4.78 is 0. The Labute approximate surface area is 169 Å². The maximum absolute atomic E-state index is 12.7. The Morgan fingerprint density at radius 1 is 0.862 bits per heavy atom. The predicted octanol–water partition coefficient (Wildman–Crippen LogP) is 3.54. The lowest BCUT2D eigenvalue weighted by Gasteiger charge is -2.15. The van der Waals surface area contributed by atoms with E-state index in [0.717, 1.165) is 22.6 Å². The van der Waals surface area contributed by atoms with Gasteiger partial charge in [0.25, 0.3) is 0 Å². The SMILES string of the molecule is C[C@H](CC(=O)[C@@H]1CC(c2ccccc2)=NO1)C(=O)[C@H]1CC(c2ccccc2)=NO1. The van der Waals surface area contributed by atoms with Crippen LogP contribution in [-0.2, 0) is 19.3 Å². The molecule has 0 bridgehead atoms. The van der Waals surface area contributed by atoms with Gasteiger partial charge >= 0.3 is 0 Å². The van der Waals surface area contributed by atoms with Gasteiger partial charge in [0.2, 0.25) is 0 Å². The molecule has 2 aliphatic rings. The molecule has 2 heterocycles. The molecule has 0 aliphatic carbocycles. The number of rotatable bonds is 7. The number of carbonyl (C=O) groups is 2. The molecule has 0 unspecified atom stereocenters. The smallest absolute Gasteiger partial charge is 0.191 e. The first-order valence-corrected chi connectivity index (χ1v) is 9.74. The molecule has 2 aromatic rings. The second kappa shape index (κ2) is 8.39. The van der Waals surface area contributed by atoms with E-state index in [1.807, 2.05) is 60.7 Å². The lowest BCUT2D eigenvalue weighted by molar-refractivity contribution is -0.137. The number of ketones is 2. The maximum atomic E-state index is 12.7. The van der Waals surface area contributed by atoms with Gasteiger partial charge in [0.05, 0.1) is 11.4 Å². The number of nitrogens with zero attached hydrogens (tertiary/aromatic N) is 2. The fraction of sp³-hybridized carbons (Fsp3) is 0.304. The van der Waals surface area contributed by atoms with E-state index >= 15 is 0 Å². The molecule has 0 radical (unpaired) electrons. The van der Waals surface area contributed by atoms with Crippen molar-refractivity contribution >= 4 is 23.0 Å². The summed E-state index contributed by atoms with van der Waals surface area (Å²) in [4.78, 5) is 36.1. The number of Topliss-reactive ketones (excluding diaryl/α,β-unsaturated/α-hetero) is 2. The van der Waals surface area contributed by atoms with Crippen molar-refractivity contribution in [2.75, 3.05) is 0 Å². The first kappa shape index (κ1) is 19.1. The van der Waals surface area contributed by atoms with Gasteiger partial charge in [-0.25, -0.2) is 0 Å². The van der Waals surface area contributed by atoms with E-state index in [1.165, 1.54) is 0 Å². The average molecular weight is 390 g/mol. The third-order valence-electron chi connectivity index (χ3n) is 5.22. The van der Waals surface area contributed by atoms with Gasteiger partial charge in [-0.1, -0.05) is 77.9 Å². The van der Waals surface area contributed by atoms with Crippen LogP contribution in [0.15, 0.2) is 71.0 Å². The molecule has 2 aromatic carbocycles. The van der Waals surface area contributed by atoms with Gasteiger partial charge in [0.15, 0.2) is 23.8 Å². The summed E-state index contributed by atoms with van der Waals surface area (Å²) in [5.74, 6) is -0.708. The first-order chi connectivity index (χ1) is 14.1. The first-order valence-electron chi connectivity index (χ1n) is 9.74. The topological polar surface area (TPSA) is 77.3 Å². The minimum atomic E-state index is -0.645. The van der Waals surface area contributed by atoms with Crippen molar-refractivity contribution in [3.63, 3.8) is 0 Å². The lowest BCUT2D eigenvalue weighted by Crippen LogP contribution is -2.31. The highest BCUT2D eigenvalue weighted by molar-refractivity contribution is 6.06. The zero-order chi connectivity index (χ0) is 20.2. The van der Waals surface area contributed by atoms with Crippen molar-refractivity contribution in [2.24, 2.45) is 16.2 Å². The minimum absolute atomic E-state index is 0.0988. The molecule has 6 nitrogen and oxygen atoms in total. The van der Waals surface area contributed by atoms with E-state index in [-0.39, 0.29) is 18.0 Å². The van der Waals surface area contributed by atoms with Crippen LogP contribution in [-0.4, -0.2) is 35.2 Å². The van der Waals surface area contributed by atoms with Gasteiger partial charge in [-0.3, -0.25) is 9.59 Å². The summed E-state index contributed by atoms with van der Waals surface area (Å²) in [5, 5.41) is 8.11. The van der Waals surface area contributed by atoms with Gasteiger partial charge in [0, 0.05) is 25.2 Å². The summed E-state index contributed by atoms with van der Waals surface area (Å²) in [6.07, 6.45) is -0.343. The lowest BCUT2D eigenvalue weighted by atomic mass is 9.90. The van der Waals surface area contributed by atoms with Crippen LogP contribution < -0.4 is 0 Å². The van der Waals surface area contributed by atoms with Crippen LogP contribution in [0.1, 0.15) is 37.3 Å². The molecule has 3 atom stereocenters. The molecule has 0 amide bonds. The highest BCUT2D eigenvalue weighted by Crippen LogP contribution is 2.23. The van der Waals surface area contributed by atoms with Crippen LogP contribution in [0.2, 0.25) is 0 Å². The van der Waals surface area contributed by atoms with Crippen LogP contribution in [0.3, 0.4) is 0 Å². The van der Waals surface area contributed by atoms with Crippen LogP contribution in [0.25, 0.3) is 0 Å². The van der Waals surface area contributed by atoms with E-state index in [9.17, 15) is 9.59 Å². The third kappa shape index (κ3) is 4.26. The summed E-state index contributed by atoms with van der Waals surface area (Å²) in [7, 11) is 0. The zero-order valence-corrected chi connectivity index (χ0v) is 16.2. The van der Waals surface area contributed by atoms with Crippen molar-refractivity contribution in [3.05, 3.63) is 71.8 Å². The van der Waals surface area contributed by atoms with Crippen LogP contribution >= 0.6 is 0 Å². The minimum Gasteiger partial charge on any atom is -0.384 e. The molecule has 0 N–H and O–H groups in total. The largest absolute Gasteiger partial charge is 0.384 e. The Hall–Kier alpha value is -3.28. The van der Waals surface area contributed by atoms with Gasteiger partial charge in [-0.15, -0.1) is 0 Å².